The molecule has 0 fully saturated rings. The highest BCUT2D eigenvalue weighted by Gasteiger charge is 2.24. The summed E-state index contributed by atoms with van der Waals surface area (Å²) in [5, 5.41) is 2.20. The molecule has 1 aromatic carbocycles. The Labute approximate surface area is 107 Å². The van der Waals surface area contributed by atoms with Crippen molar-refractivity contribution in [3.05, 3.63) is 63.2 Å². The summed E-state index contributed by atoms with van der Waals surface area (Å²) < 4.78 is 0. The normalized spacial score (nSPS) is 14.8. The largest absolute Gasteiger partial charge is 0.144 e. The molecule has 0 unspecified atom stereocenters. The van der Waals surface area contributed by atoms with E-state index >= 15 is 0 Å². The Morgan fingerprint density at radius 3 is 2.71 bits per heavy atom. The average Bonchev–Trinajstić information content (AvgIpc) is 2.94. The molecule has 85 valence electrons. The van der Waals surface area contributed by atoms with Crippen LogP contribution < -0.4 is 0 Å². The number of allylic oxidation sites excluding steroid dienone is 1. The molecular weight excluding hydrogens is 224 g/mol. The molecule has 0 saturated heterocycles. The fourth-order valence-corrected chi connectivity index (χ4v) is 3.53. The van der Waals surface area contributed by atoms with Crippen LogP contribution in [0.1, 0.15) is 35.4 Å². The lowest BCUT2D eigenvalue weighted by Crippen LogP contribution is -1.94. The molecule has 0 aliphatic heterocycles. The Bertz CT molecular complexity index is 575. The van der Waals surface area contributed by atoms with E-state index in [2.05, 4.69) is 55.6 Å². The Balaban J connectivity index is 2.09. The van der Waals surface area contributed by atoms with E-state index in [0.29, 0.717) is 0 Å². The molecule has 1 radical (unpaired) electrons. The predicted molar refractivity (Wildman–Crippen MR) is 76.0 cm³/mol. The molecule has 1 aliphatic carbocycles. The molecule has 17 heavy (non-hydrogen) atoms. The van der Waals surface area contributed by atoms with E-state index in [-0.39, 0.29) is 0 Å². The summed E-state index contributed by atoms with van der Waals surface area (Å²) in [7, 11) is 0. The first kappa shape index (κ1) is 10.8. The van der Waals surface area contributed by atoms with E-state index in [1.165, 1.54) is 33.1 Å². The minimum atomic E-state index is 1.11. The van der Waals surface area contributed by atoms with Crippen molar-refractivity contribution in [2.24, 2.45) is 0 Å². The molecule has 0 spiro atoms. The first-order valence-corrected chi connectivity index (χ1v) is 6.91. The van der Waals surface area contributed by atoms with Crippen LogP contribution in [0, 0.1) is 5.92 Å². The maximum atomic E-state index is 2.33. The van der Waals surface area contributed by atoms with Crippen molar-refractivity contribution >= 4 is 23.0 Å². The van der Waals surface area contributed by atoms with Crippen molar-refractivity contribution < 1.29 is 0 Å². The molecule has 1 heterocycles. The minimum absolute atomic E-state index is 1.11. The second-order valence-electron chi connectivity index (χ2n) is 4.40. The van der Waals surface area contributed by atoms with Crippen molar-refractivity contribution in [2.45, 2.75) is 20.3 Å². The molecule has 3 rings (SSSR count). The Morgan fingerprint density at radius 2 is 1.94 bits per heavy atom. The summed E-state index contributed by atoms with van der Waals surface area (Å²) in [6, 6.07) is 10.9. The quantitative estimate of drug-likeness (QED) is 0.705. The summed E-state index contributed by atoms with van der Waals surface area (Å²) >= 11 is 1.86. The van der Waals surface area contributed by atoms with Crippen molar-refractivity contribution in [3.8, 4) is 0 Å². The van der Waals surface area contributed by atoms with Crippen LogP contribution in [-0.2, 0) is 6.42 Å². The number of fused-ring (bicyclic) bond motifs is 1. The third-order valence-electron chi connectivity index (χ3n) is 3.44. The monoisotopic (exact) mass is 239 g/mol. The van der Waals surface area contributed by atoms with E-state index in [4.69, 9.17) is 0 Å². The van der Waals surface area contributed by atoms with E-state index < -0.39 is 0 Å². The zero-order chi connectivity index (χ0) is 11.8. The minimum Gasteiger partial charge on any atom is -0.144 e. The van der Waals surface area contributed by atoms with Gasteiger partial charge in [-0.3, -0.25) is 0 Å². The van der Waals surface area contributed by atoms with Gasteiger partial charge in [0.25, 0.3) is 0 Å². The maximum Gasteiger partial charge on any atom is 0.0343 e. The lowest BCUT2D eigenvalue weighted by Gasteiger charge is -2.10. The number of hydrogen-bond donors (Lipinski definition) is 0. The lowest BCUT2D eigenvalue weighted by molar-refractivity contribution is 1.14. The van der Waals surface area contributed by atoms with Gasteiger partial charge in [0, 0.05) is 10.8 Å². The van der Waals surface area contributed by atoms with Crippen molar-refractivity contribution in [2.75, 3.05) is 0 Å². The maximum absolute atomic E-state index is 2.33. The highest BCUT2D eigenvalue weighted by molar-refractivity contribution is 7.11. The zero-order valence-corrected chi connectivity index (χ0v) is 11.0. The van der Waals surface area contributed by atoms with E-state index in [9.17, 15) is 0 Å². The van der Waals surface area contributed by atoms with Gasteiger partial charge in [0.1, 0.15) is 0 Å². The second-order valence-corrected chi connectivity index (χ2v) is 5.31. The van der Waals surface area contributed by atoms with Gasteiger partial charge in [0.2, 0.25) is 0 Å². The molecule has 1 aliphatic rings. The summed E-state index contributed by atoms with van der Waals surface area (Å²) in [5.41, 5.74) is 5.62. The van der Waals surface area contributed by atoms with E-state index in [1.807, 2.05) is 11.3 Å². The summed E-state index contributed by atoms with van der Waals surface area (Å²) in [6.07, 6.45) is 3.44. The van der Waals surface area contributed by atoms with Gasteiger partial charge in [0.05, 0.1) is 0 Å². The Kier molecular flexibility index (Phi) is 2.64. The third-order valence-corrected chi connectivity index (χ3v) is 4.43. The summed E-state index contributed by atoms with van der Waals surface area (Å²) in [6.45, 7) is 4.46. The average molecular weight is 239 g/mol. The van der Waals surface area contributed by atoms with Crippen LogP contribution in [0.25, 0.3) is 11.6 Å². The van der Waals surface area contributed by atoms with Gasteiger partial charge in [-0.15, -0.1) is 11.3 Å². The lowest BCUT2D eigenvalue weighted by atomic mass is 9.95. The van der Waals surface area contributed by atoms with Crippen LogP contribution in [0.2, 0.25) is 0 Å². The van der Waals surface area contributed by atoms with E-state index in [0.717, 1.165) is 6.42 Å². The van der Waals surface area contributed by atoms with Gasteiger partial charge < -0.3 is 0 Å². The van der Waals surface area contributed by atoms with Gasteiger partial charge in [-0.2, -0.15) is 0 Å². The Morgan fingerprint density at radius 1 is 1.12 bits per heavy atom. The van der Waals surface area contributed by atoms with Crippen LogP contribution >= 0.6 is 11.3 Å². The first-order chi connectivity index (χ1) is 8.31. The van der Waals surface area contributed by atoms with Gasteiger partial charge in [0.15, 0.2) is 0 Å². The molecule has 0 amide bonds. The molecule has 0 saturated carbocycles. The van der Waals surface area contributed by atoms with Crippen LogP contribution in [0.5, 0.6) is 0 Å². The van der Waals surface area contributed by atoms with Crippen molar-refractivity contribution in [3.63, 3.8) is 0 Å². The predicted octanol–water partition coefficient (Wildman–Crippen LogP) is 4.81. The molecule has 1 aromatic heterocycles. The van der Waals surface area contributed by atoms with Gasteiger partial charge in [-0.1, -0.05) is 38.1 Å². The fraction of sp³-hybridized carbons (Fsp3) is 0.188. The highest BCUT2D eigenvalue weighted by Crippen LogP contribution is 2.43. The third kappa shape index (κ3) is 1.66. The smallest absolute Gasteiger partial charge is 0.0343 e. The first-order valence-electron chi connectivity index (χ1n) is 6.03. The van der Waals surface area contributed by atoms with Crippen molar-refractivity contribution in [1.29, 1.82) is 0 Å². The number of hydrogen-bond acceptors (Lipinski definition) is 1. The van der Waals surface area contributed by atoms with Crippen LogP contribution in [0.15, 0.2) is 35.7 Å². The highest BCUT2D eigenvalue weighted by atomic mass is 32.1. The van der Waals surface area contributed by atoms with Crippen LogP contribution in [0.4, 0.5) is 0 Å². The van der Waals surface area contributed by atoms with Crippen molar-refractivity contribution in [1.82, 2.24) is 0 Å². The van der Waals surface area contributed by atoms with Crippen LogP contribution in [0.3, 0.4) is 0 Å². The van der Waals surface area contributed by atoms with Crippen LogP contribution in [-0.4, -0.2) is 0 Å². The Hall–Kier alpha value is -1.34. The standard InChI is InChI=1S/C16H15S/c1-3-12-8-9-17-16(12)15-10-13-6-4-5-7-14(13)11(15)2/h4-10H,3H2,1-2H3. The van der Waals surface area contributed by atoms with E-state index in [1.54, 1.807) is 0 Å². The molecule has 0 N–H and O–H groups in total. The fourth-order valence-electron chi connectivity index (χ4n) is 2.46. The number of aryl methyl sites for hydroxylation is 1. The number of thiophene rings is 1. The molecule has 1 heteroatoms. The number of benzene rings is 1. The molecule has 2 aromatic rings. The molecular formula is C16H15S. The second kappa shape index (κ2) is 4.15. The SMILES string of the molecule is CCc1ccsc1C1=Cc2ccccc2[C]1C. The number of rotatable bonds is 2. The zero-order valence-electron chi connectivity index (χ0n) is 10.2. The van der Waals surface area contributed by atoms with Gasteiger partial charge >= 0.3 is 0 Å². The molecule has 0 atom stereocenters. The molecule has 0 nitrogen and oxygen atoms in total. The summed E-state index contributed by atoms with van der Waals surface area (Å²) in [4.78, 5) is 1.45. The topological polar surface area (TPSA) is 0 Å². The summed E-state index contributed by atoms with van der Waals surface area (Å²) in [5.74, 6) is 1.41. The molecule has 0 bridgehead atoms. The van der Waals surface area contributed by atoms with Gasteiger partial charge in [-0.25, -0.2) is 0 Å². The van der Waals surface area contributed by atoms with Gasteiger partial charge in [-0.05, 0) is 46.2 Å².